The first-order chi connectivity index (χ1) is 7.97. The first-order valence-corrected chi connectivity index (χ1v) is 4.59. The summed E-state index contributed by atoms with van der Waals surface area (Å²) in [6.07, 6.45) is 0.970. The molecular formula is C10H10F2N2O3. The molecule has 1 aromatic rings. The van der Waals surface area contributed by atoms with Crippen LogP contribution in [0.2, 0.25) is 0 Å². The van der Waals surface area contributed by atoms with Crippen molar-refractivity contribution in [3.63, 3.8) is 0 Å². The minimum absolute atomic E-state index is 0.348. The van der Waals surface area contributed by atoms with Gasteiger partial charge in [-0.05, 0) is 6.07 Å². The molecule has 0 aliphatic heterocycles. The zero-order valence-electron chi connectivity index (χ0n) is 9.24. The summed E-state index contributed by atoms with van der Waals surface area (Å²) in [6.45, 7) is -0.348. The molecule has 0 bridgehead atoms. The molecular weight excluding hydrogens is 234 g/mol. The van der Waals surface area contributed by atoms with E-state index in [4.69, 9.17) is 0 Å². The van der Waals surface area contributed by atoms with Gasteiger partial charge in [0.2, 0.25) is 5.95 Å². The van der Waals surface area contributed by atoms with Crippen LogP contribution in [0.4, 0.5) is 8.78 Å². The second kappa shape index (κ2) is 5.33. The zero-order chi connectivity index (χ0) is 13.0. The van der Waals surface area contributed by atoms with Crippen molar-refractivity contribution in [2.24, 2.45) is 0 Å². The highest BCUT2D eigenvalue weighted by molar-refractivity contribution is 5.95. The van der Waals surface area contributed by atoms with E-state index in [1.807, 2.05) is 0 Å². The number of methoxy groups -OCH3 is 1. The van der Waals surface area contributed by atoms with Crippen LogP contribution < -0.4 is 0 Å². The number of esters is 1. The second-order valence-corrected chi connectivity index (χ2v) is 3.20. The largest absolute Gasteiger partial charge is 0.468 e. The summed E-state index contributed by atoms with van der Waals surface area (Å²) in [5.74, 6) is -4.18. The van der Waals surface area contributed by atoms with Crippen LogP contribution in [0.1, 0.15) is 10.4 Å². The van der Waals surface area contributed by atoms with Crippen molar-refractivity contribution < 1.29 is 23.1 Å². The molecule has 1 heterocycles. The van der Waals surface area contributed by atoms with Gasteiger partial charge in [0, 0.05) is 13.2 Å². The maximum Gasteiger partial charge on any atom is 0.325 e. The van der Waals surface area contributed by atoms with Crippen LogP contribution >= 0.6 is 0 Å². The van der Waals surface area contributed by atoms with Gasteiger partial charge in [0.05, 0.1) is 12.7 Å². The Labute approximate surface area is 96.0 Å². The van der Waals surface area contributed by atoms with Crippen LogP contribution in [0.25, 0.3) is 0 Å². The Morgan fingerprint density at radius 2 is 2.12 bits per heavy atom. The number of carbonyl (C=O) groups is 2. The molecule has 0 N–H and O–H groups in total. The standard InChI is InChI=1S/C10H10F2N2O3/c1-14(5-7(15)17-2)10(16)6-3-4-13-9(12)8(6)11/h3-4H,5H2,1-2H3. The second-order valence-electron chi connectivity index (χ2n) is 3.20. The van der Waals surface area contributed by atoms with E-state index in [0.29, 0.717) is 0 Å². The molecule has 0 saturated heterocycles. The third-order valence-corrected chi connectivity index (χ3v) is 2.02. The number of likely N-dealkylation sites (N-methyl/N-ethyl adjacent to an activating group) is 1. The van der Waals surface area contributed by atoms with Gasteiger partial charge in [-0.1, -0.05) is 0 Å². The van der Waals surface area contributed by atoms with Gasteiger partial charge in [0.15, 0.2) is 5.82 Å². The summed E-state index contributed by atoms with van der Waals surface area (Å²) in [5, 5.41) is 0. The summed E-state index contributed by atoms with van der Waals surface area (Å²) in [4.78, 5) is 26.5. The number of rotatable bonds is 3. The van der Waals surface area contributed by atoms with Crippen molar-refractivity contribution in [1.82, 2.24) is 9.88 Å². The molecule has 0 atom stereocenters. The van der Waals surface area contributed by atoms with Crippen molar-refractivity contribution in [2.45, 2.75) is 0 Å². The Morgan fingerprint density at radius 1 is 1.47 bits per heavy atom. The Hall–Kier alpha value is -2.05. The maximum absolute atomic E-state index is 13.2. The van der Waals surface area contributed by atoms with Crippen molar-refractivity contribution in [3.8, 4) is 0 Å². The van der Waals surface area contributed by atoms with E-state index < -0.39 is 29.2 Å². The van der Waals surface area contributed by atoms with Crippen LogP contribution in [0, 0.1) is 11.8 Å². The lowest BCUT2D eigenvalue weighted by atomic mass is 10.2. The average molecular weight is 244 g/mol. The van der Waals surface area contributed by atoms with E-state index in [9.17, 15) is 18.4 Å². The SMILES string of the molecule is COC(=O)CN(C)C(=O)c1ccnc(F)c1F. The third kappa shape index (κ3) is 2.96. The Bertz CT molecular complexity index is 451. The fourth-order valence-electron chi connectivity index (χ4n) is 1.12. The van der Waals surface area contributed by atoms with E-state index >= 15 is 0 Å². The molecule has 1 rings (SSSR count). The van der Waals surface area contributed by atoms with Gasteiger partial charge in [-0.3, -0.25) is 9.59 Å². The summed E-state index contributed by atoms with van der Waals surface area (Å²) in [7, 11) is 2.43. The van der Waals surface area contributed by atoms with Gasteiger partial charge in [0.25, 0.3) is 5.91 Å². The lowest BCUT2D eigenvalue weighted by molar-refractivity contribution is -0.141. The molecule has 0 unspecified atom stereocenters. The molecule has 0 spiro atoms. The Morgan fingerprint density at radius 3 is 2.71 bits per heavy atom. The van der Waals surface area contributed by atoms with Crippen molar-refractivity contribution in [2.75, 3.05) is 20.7 Å². The van der Waals surface area contributed by atoms with Gasteiger partial charge in [-0.15, -0.1) is 0 Å². The molecule has 7 heteroatoms. The topological polar surface area (TPSA) is 59.5 Å². The number of pyridine rings is 1. The molecule has 0 saturated carbocycles. The van der Waals surface area contributed by atoms with Crippen LogP contribution in [0.15, 0.2) is 12.3 Å². The van der Waals surface area contributed by atoms with Crippen molar-refractivity contribution in [1.29, 1.82) is 0 Å². The molecule has 0 fully saturated rings. The molecule has 0 radical (unpaired) electrons. The van der Waals surface area contributed by atoms with E-state index in [2.05, 4.69) is 9.72 Å². The molecule has 1 amide bonds. The molecule has 92 valence electrons. The van der Waals surface area contributed by atoms with Crippen LogP contribution in [-0.4, -0.2) is 42.5 Å². The first-order valence-electron chi connectivity index (χ1n) is 4.59. The van der Waals surface area contributed by atoms with Gasteiger partial charge in [-0.25, -0.2) is 9.37 Å². The maximum atomic E-state index is 13.2. The fraction of sp³-hybridized carbons (Fsp3) is 0.300. The Balaban J connectivity index is 2.89. The number of hydrogen-bond donors (Lipinski definition) is 0. The molecule has 1 aromatic heterocycles. The number of ether oxygens (including phenoxy) is 1. The number of nitrogens with zero attached hydrogens (tertiary/aromatic N) is 2. The van der Waals surface area contributed by atoms with Gasteiger partial charge in [-0.2, -0.15) is 4.39 Å². The van der Waals surface area contributed by atoms with Gasteiger partial charge >= 0.3 is 5.97 Å². The lowest BCUT2D eigenvalue weighted by Crippen LogP contribution is -2.33. The van der Waals surface area contributed by atoms with Crippen LogP contribution in [0.3, 0.4) is 0 Å². The molecule has 0 aliphatic carbocycles. The smallest absolute Gasteiger partial charge is 0.325 e. The highest BCUT2D eigenvalue weighted by Crippen LogP contribution is 2.11. The number of aromatic nitrogens is 1. The summed E-state index contributed by atoms with van der Waals surface area (Å²) in [6, 6.07) is 1.04. The summed E-state index contributed by atoms with van der Waals surface area (Å²) in [5.41, 5.74) is -0.482. The summed E-state index contributed by atoms with van der Waals surface area (Å²) < 4.78 is 30.4. The average Bonchev–Trinajstić information content (AvgIpc) is 2.31. The van der Waals surface area contributed by atoms with E-state index in [-0.39, 0.29) is 6.54 Å². The van der Waals surface area contributed by atoms with E-state index in [1.165, 1.54) is 7.05 Å². The van der Waals surface area contributed by atoms with Gasteiger partial charge in [0.1, 0.15) is 6.54 Å². The highest BCUT2D eigenvalue weighted by Gasteiger charge is 2.21. The van der Waals surface area contributed by atoms with Crippen LogP contribution in [-0.2, 0) is 9.53 Å². The summed E-state index contributed by atoms with van der Waals surface area (Å²) >= 11 is 0. The predicted octanol–water partition coefficient (Wildman–Crippen LogP) is 0.605. The van der Waals surface area contributed by atoms with E-state index in [1.54, 1.807) is 0 Å². The predicted molar refractivity (Wildman–Crippen MR) is 53.1 cm³/mol. The number of amides is 1. The van der Waals surface area contributed by atoms with Crippen LogP contribution in [0.5, 0.6) is 0 Å². The normalized spacial score (nSPS) is 9.88. The number of carbonyl (C=O) groups excluding carboxylic acids is 2. The van der Waals surface area contributed by atoms with Gasteiger partial charge < -0.3 is 9.64 Å². The lowest BCUT2D eigenvalue weighted by Gasteiger charge is -2.15. The fourth-order valence-corrected chi connectivity index (χ4v) is 1.12. The molecule has 5 nitrogen and oxygen atoms in total. The monoisotopic (exact) mass is 244 g/mol. The van der Waals surface area contributed by atoms with E-state index in [0.717, 1.165) is 24.3 Å². The zero-order valence-corrected chi connectivity index (χ0v) is 9.24. The molecule has 17 heavy (non-hydrogen) atoms. The molecule has 0 aromatic carbocycles. The minimum Gasteiger partial charge on any atom is -0.468 e. The number of halogens is 2. The molecule has 0 aliphatic rings. The first kappa shape index (κ1) is 13.0. The number of hydrogen-bond acceptors (Lipinski definition) is 4. The third-order valence-electron chi connectivity index (χ3n) is 2.02. The van der Waals surface area contributed by atoms with Crippen molar-refractivity contribution >= 4 is 11.9 Å². The minimum atomic E-state index is -1.36. The highest BCUT2D eigenvalue weighted by atomic mass is 19.2. The quantitative estimate of drug-likeness (QED) is 0.577. The van der Waals surface area contributed by atoms with Crippen molar-refractivity contribution in [3.05, 3.63) is 29.6 Å². The Kier molecular flexibility index (Phi) is 4.08.